The third-order valence-electron chi connectivity index (χ3n) is 4.53. The lowest BCUT2D eigenvalue weighted by Gasteiger charge is -2.43. The number of hydrogen-bond donors (Lipinski definition) is 1. The Bertz CT molecular complexity index is 370. The lowest BCUT2D eigenvalue weighted by atomic mass is 9.75. The third kappa shape index (κ3) is 3.59. The predicted octanol–water partition coefficient (Wildman–Crippen LogP) is 3.89. The van der Waals surface area contributed by atoms with Crippen LogP contribution in [-0.4, -0.2) is 24.0 Å². The van der Waals surface area contributed by atoms with Crippen LogP contribution >= 0.6 is 11.3 Å². The maximum absolute atomic E-state index is 6.24. The summed E-state index contributed by atoms with van der Waals surface area (Å²) in [5.41, 5.74) is 8.08. The molecule has 0 bridgehead atoms. The van der Waals surface area contributed by atoms with Gasteiger partial charge in [0.15, 0.2) is 0 Å². The van der Waals surface area contributed by atoms with E-state index in [1.54, 1.807) is 11.3 Å². The summed E-state index contributed by atoms with van der Waals surface area (Å²) in [7, 11) is 0. The van der Waals surface area contributed by atoms with Crippen LogP contribution in [0.15, 0.2) is 16.8 Å². The number of nitrogens with two attached hydrogens (primary N) is 1. The average molecular weight is 280 g/mol. The van der Waals surface area contributed by atoms with E-state index in [4.69, 9.17) is 5.73 Å². The minimum absolute atomic E-state index is 0.195. The Morgan fingerprint density at radius 1 is 1.32 bits per heavy atom. The summed E-state index contributed by atoms with van der Waals surface area (Å²) in [6.45, 7) is 11.6. The summed E-state index contributed by atoms with van der Waals surface area (Å²) in [6.07, 6.45) is 2.60. The Labute approximate surface area is 122 Å². The molecule has 2 rings (SSSR count). The summed E-state index contributed by atoms with van der Waals surface area (Å²) < 4.78 is 0. The highest BCUT2D eigenvalue weighted by Crippen LogP contribution is 2.37. The fraction of sp³-hybridized carbons (Fsp3) is 0.750. The second-order valence-electron chi connectivity index (χ2n) is 7.04. The zero-order chi connectivity index (χ0) is 14.0. The van der Waals surface area contributed by atoms with E-state index in [1.165, 1.54) is 31.5 Å². The normalized spacial score (nSPS) is 22.4. The number of thiophene rings is 1. The molecule has 2 heterocycles. The van der Waals surface area contributed by atoms with E-state index in [-0.39, 0.29) is 6.04 Å². The van der Waals surface area contributed by atoms with Crippen molar-refractivity contribution in [2.75, 3.05) is 13.1 Å². The van der Waals surface area contributed by atoms with Gasteiger partial charge in [0.25, 0.3) is 0 Å². The van der Waals surface area contributed by atoms with Gasteiger partial charge in [-0.2, -0.15) is 11.3 Å². The quantitative estimate of drug-likeness (QED) is 0.910. The van der Waals surface area contributed by atoms with E-state index in [0.29, 0.717) is 11.5 Å². The molecule has 19 heavy (non-hydrogen) atoms. The van der Waals surface area contributed by atoms with Crippen LogP contribution in [0.1, 0.15) is 52.1 Å². The molecule has 0 aromatic carbocycles. The highest BCUT2D eigenvalue weighted by Gasteiger charge is 2.32. The summed E-state index contributed by atoms with van der Waals surface area (Å²) in [5.74, 6) is 0.847. The lowest BCUT2D eigenvalue weighted by molar-refractivity contribution is 0.0750. The van der Waals surface area contributed by atoms with E-state index in [0.717, 1.165) is 5.92 Å². The minimum Gasteiger partial charge on any atom is -0.326 e. The first kappa shape index (κ1) is 15.0. The van der Waals surface area contributed by atoms with Crippen LogP contribution in [0.5, 0.6) is 0 Å². The number of rotatable bonds is 3. The fourth-order valence-electron chi connectivity index (χ4n) is 3.33. The Morgan fingerprint density at radius 3 is 2.37 bits per heavy atom. The first-order valence-corrected chi connectivity index (χ1v) is 8.35. The standard InChI is InChI=1S/C16H28N2S/c1-12(17)15(13-7-10-19-11-13)18-8-5-14(6-9-18)16(2,3)4/h7,10-12,14-15H,5-6,8-9,17H2,1-4H3. The minimum atomic E-state index is 0.195. The van der Waals surface area contributed by atoms with Crippen LogP contribution in [-0.2, 0) is 0 Å². The third-order valence-corrected chi connectivity index (χ3v) is 5.23. The van der Waals surface area contributed by atoms with Crippen molar-refractivity contribution in [2.24, 2.45) is 17.1 Å². The monoisotopic (exact) mass is 280 g/mol. The molecular weight excluding hydrogens is 252 g/mol. The zero-order valence-electron chi connectivity index (χ0n) is 12.7. The molecule has 0 radical (unpaired) electrons. The van der Waals surface area contributed by atoms with Crippen LogP contribution in [0.4, 0.5) is 0 Å². The molecular formula is C16H28N2S. The molecule has 2 nitrogen and oxygen atoms in total. The van der Waals surface area contributed by atoms with Crippen LogP contribution < -0.4 is 5.73 Å². The number of nitrogens with zero attached hydrogens (tertiary/aromatic N) is 1. The molecule has 2 atom stereocenters. The zero-order valence-corrected chi connectivity index (χ0v) is 13.5. The van der Waals surface area contributed by atoms with Crippen LogP contribution in [0.25, 0.3) is 0 Å². The summed E-state index contributed by atoms with van der Waals surface area (Å²) in [4.78, 5) is 2.59. The van der Waals surface area contributed by atoms with Gasteiger partial charge in [0.2, 0.25) is 0 Å². The molecule has 1 aliphatic heterocycles. The Hall–Kier alpha value is -0.380. The Balaban J connectivity index is 2.03. The van der Waals surface area contributed by atoms with Crippen molar-refractivity contribution in [1.82, 2.24) is 4.90 Å². The smallest absolute Gasteiger partial charge is 0.0504 e. The molecule has 1 saturated heterocycles. The van der Waals surface area contributed by atoms with Gasteiger partial charge in [-0.3, -0.25) is 4.90 Å². The predicted molar refractivity (Wildman–Crippen MR) is 84.5 cm³/mol. The number of piperidine rings is 1. The van der Waals surface area contributed by atoms with E-state index >= 15 is 0 Å². The summed E-state index contributed by atoms with van der Waals surface area (Å²) in [6, 6.07) is 2.82. The van der Waals surface area contributed by atoms with E-state index in [9.17, 15) is 0 Å². The van der Waals surface area contributed by atoms with Crippen molar-refractivity contribution in [3.8, 4) is 0 Å². The molecule has 0 saturated carbocycles. The Kier molecular flexibility index (Phi) is 4.70. The van der Waals surface area contributed by atoms with Gasteiger partial charge in [-0.25, -0.2) is 0 Å². The van der Waals surface area contributed by atoms with E-state index < -0.39 is 0 Å². The maximum atomic E-state index is 6.24. The van der Waals surface area contributed by atoms with Gasteiger partial charge in [0, 0.05) is 6.04 Å². The number of likely N-dealkylation sites (tertiary alicyclic amines) is 1. The molecule has 2 N–H and O–H groups in total. The van der Waals surface area contributed by atoms with Crippen molar-refractivity contribution >= 4 is 11.3 Å². The fourth-order valence-corrected chi connectivity index (χ4v) is 4.02. The van der Waals surface area contributed by atoms with Crippen molar-refractivity contribution in [3.05, 3.63) is 22.4 Å². The molecule has 1 aromatic rings. The molecule has 3 heteroatoms. The van der Waals surface area contributed by atoms with Gasteiger partial charge in [-0.1, -0.05) is 20.8 Å². The largest absolute Gasteiger partial charge is 0.326 e. The first-order chi connectivity index (χ1) is 8.89. The van der Waals surface area contributed by atoms with Crippen LogP contribution in [0, 0.1) is 11.3 Å². The second kappa shape index (κ2) is 5.94. The van der Waals surface area contributed by atoms with Gasteiger partial charge in [-0.15, -0.1) is 0 Å². The highest BCUT2D eigenvalue weighted by atomic mass is 32.1. The van der Waals surface area contributed by atoms with Gasteiger partial charge >= 0.3 is 0 Å². The van der Waals surface area contributed by atoms with Gasteiger partial charge in [0.1, 0.15) is 0 Å². The molecule has 1 fully saturated rings. The molecule has 1 aromatic heterocycles. The topological polar surface area (TPSA) is 29.3 Å². The lowest BCUT2D eigenvalue weighted by Crippen LogP contribution is -2.45. The van der Waals surface area contributed by atoms with Crippen molar-refractivity contribution in [2.45, 2.75) is 52.6 Å². The molecule has 2 unspecified atom stereocenters. The second-order valence-corrected chi connectivity index (χ2v) is 7.82. The van der Waals surface area contributed by atoms with Crippen molar-refractivity contribution < 1.29 is 0 Å². The molecule has 0 aliphatic carbocycles. The molecule has 0 amide bonds. The van der Waals surface area contributed by atoms with Crippen LogP contribution in [0.3, 0.4) is 0 Å². The van der Waals surface area contributed by atoms with Crippen molar-refractivity contribution in [1.29, 1.82) is 0 Å². The average Bonchev–Trinajstić information content (AvgIpc) is 2.82. The Morgan fingerprint density at radius 2 is 1.95 bits per heavy atom. The molecule has 0 spiro atoms. The maximum Gasteiger partial charge on any atom is 0.0504 e. The van der Waals surface area contributed by atoms with Gasteiger partial charge < -0.3 is 5.73 Å². The summed E-state index contributed by atoms with van der Waals surface area (Å²) in [5, 5.41) is 4.41. The van der Waals surface area contributed by atoms with E-state index in [2.05, 4.69) is 49.4 Å². The molecule has 108 valence electrons. The van der Waals surface area contributed by atoms with Crippen molar-refractivity contribution in [3.63, 3.8) is 0 Å². The summed E-state index contributed by atoms with van der Waals surface area (Å²) >= 11 is 1.77. The highest BCUT2D eigenvalue weighted by molar-refractivity contribution is 7.07. The number of hydrogen-bond acceptors (Lipinski definition) is 3. The van der Waals surface area contributed by atoms with Gasteiger partial charge in [-0.05, 0) is 66.6 Å². The first-order valence-electron chi connectivity index (χ1n) is 7.41. The van der Waals surface area contributed by atoms with Crippen LogP contribution in [0.2, 0.25) is 0 Å². The molecule has 1 aliphatic rings. The van der Waals surface area contributed by atoms with E-state index in [1.807, 2.05) is 0 Å². The van der Waals surface area contributed by atoms with Gasteiger partial charge in [0.05, 0.1) is 6.04 Å². The SMILES string of the molecule is CC(N)C(c1ccsc1)N1CCC(C(C)(C)C)CC1.